The molecular formula is C24H36N3O4P. The molecule has 2 heterocycles. The Labute approximate surface area is 190 Å². The molecule has 1 saturated heterocycles. The molecule has 1 aliphatic carbocycles. The van der Waals surface area contributed by atoms with E-state index in [1.165, 1.54) is 62.4 Å². The third kappa shape index (κ3) is 5.17. The molecule has 2 N–H and O–H groups in total. The minimum absolute atomic E-state index is 0.389. The molecule has 4 rings (SSSR count). The van der Waals surface area contributed by atoms with Gasteiger partial charge in [0.05, 0.1) is 11.0 Å². The molecule has 2 atom stereocenters. The van der Waals surface area contributed by atoms with Gasteiger partial charge in [0.15, 0.2) is 0 Å². The van der Waals surface area contributed by atoms with E-state index < -0.39 is 18.6 Å². The Morgan fingerprint density at radius 2 is 1.69 bits per heavy atom. The van der Waals surface area contributed by atoms with Crippen molar-refractivity contribution in [3.63, 3.8) is 0 Å². The third-order valence-electron chi connectivity index (χ3n) is 7.38. The number of hydrogen-bond acceptors (Lipinski definition) is 4. The van der Waals surface area contributed by atoms with Crippen LogP contribution in [0.3, 0.4) is 0 Å². The van der Waals surface area contributed by atoms with Gasteiger partial charge in [0, 0.05) is 24.7 Å². The second-order valence-electron chi connectivity index (χ2n) is 9.59. The summed E-state index contributed by atoms with van der Waals surface area (Å²) in [6, 6.07) is 8.65. The van der Waals surface area contributed by atoms with Crippen LogP contribution in [-0.2, 0) is 11.1 Å². The molecule has 2 aromatic rings. The Kier molecular flexibility index (Phi) is 7.51. The Morgan fingerprint density at radius 1 is 1.00 bits per heavy atom. The van der Waals surface area contributed by atoms with Crippen LogP contribution in [0.25, 0.3) is 11.0 Å². The van der Waals surface area contributed by atoms with Gasteiger partial charge >= 0.3 is 7.60 Å². The van der Waals surface area contributed by atoms with E-state index in [0.29, 0.717) is 35.7 Å². The summed E-state index contributed by atoms with van der Waals surface area (Å²) < 4.78 is 13.5. The second kappa shape index (κ2) is 10.2. The summed E-state index contributed by atoms with van der Waals surface area (Å²) >= 11 is 0. The van der Waals surface area contributed by atoms with Crippen molar-refractivity contribution in [1.82, 2.24) is 14.5 Å². The lowest BCUT2D eigenvalue weighted by atomic mass is 9.87. The molecule has 0 unspecified atom stereocenters. The number of rotatable bonds is 5. The summed E-state index contributed by atoms with van der Waals surface area (Å²) in [4.78, 5) is 39.2. The van der Waals surface area contributed by atoms with Gasteiger partial charge in [-0.2, -0.15) is 0 Å². The first-order valence-electron chi connectivity index (χ1n) is 12.2. The Bertz CT molecular complexity index is 1030. The van der Waals surface area contributed by atoms with Crippen molar-refractivity contribution < 1.29 is 14.4 Å². The highest BCUT2D eigenvalue weighted by molar-refractivity contribution is 7.59. The van der Waals surface area contributed by atoms with Gasteiger partial charge in [0.25, 0.3) is 5.56 Å². The van der Waals surface area contributed by atoms with E-state index in [1.807, 2.05) is 12.1 Å². The molecule has 0 bridgehead atoms. The average molecular weight is 462 g/mol. The highest BCUT2D eigenvalue weighted by atomic mass is 31.2. The molecule has 0 spiro atoms. The fourth-order valence-electron chi connectivity index (χ4n) is 5.86. The van der Waals surface area contributed by atoms with Crippen LogP contribution in [0.2, 0.25) is 0 Å². The van der Waals surface area contributed by atoms with E-state index in [2.05, 4.69) is 16.8 Å². The molecule has 1 saturated carbocycles. The first kappa shape index (κ1) is 23.6. The standard InChI is InChI=1S/C24H36N3O4P/c1-18-10-9-13-20(27(18)19-11-5-3-2-4-6-12-19)16-17-26-22-15-8-7-14-21(22)25-23(24(26)28)32(29,30)31/h7-8,14-15,18-20H,2-6,9-13,16-17H2,1H3,(H2,29,30,31)/t18-,20-/m1/s1. The average Bonchev–Trinajstić information content (AvgIpc) is 2.72. The number of piperidine rings is 1. The molecule has 0 amide bonds. The number of benzene rings is 1. The highest BCUT2D eigenvalue weighted by Crippen LogP contribution is 2.33. The van der Waals surface area contributed by atoms with Gasteiger partial charge in [0.1, 0.15) is 0 Å². The van der Waals surface area contributed by atoms with Crippen LogP contribution in [0.1, 0.15) is 77.6 Å². The summed E-state index contributed by atoms with van der Waals surface area (Å²) in [6.45, 7) is 2.78. The predicted molar refractivity (Wildman–Crippen MR) is 127 cm³/mol. The molecule has 7 nitrogen and oxygen atoms in total. The van der Waals surface area contributed by atoms with Gasteiger partial charge in [-0.25, -0.2) is 4.98 Å². The molecule has 0 radical (unpaired) electrons. The van der Waals surface area contributed by atoms with Crippen LogP contribution in [0.15, 0.2) is 29.1 Å². The summed E-state index contributed by atoms with van der Waals surface area (Å²) in [5, 5.41) is 0. The topological polar surface area (TPSA) is 95.7 Å². The molecule has 1 aliphatic heterocycles. The van der Waals surface area contributed by atoms with Crippen molar-refractivity contribution in [1.29, 1.82) is 0 Å². The fourth-order valence-corrected chi connectivity index (χ4v) is 6.47. The number of aromatic nitrogens is 2. The van der Waals surface area contributed by atoms with Gasteiger partial charge in [-0.1, -0.05) is 50.7 Å². The monoisotopic (exact) mass is 461 g/mol. The van der Waals surface area contributed by atoms with Crippen molar-refractivity contribution in [2.24, 2.45) is 0 Å². The minimum atomic E-state index is -4.75. The number of nitrogens with zero attached hydrogens (tertiary/aromatic N) is 3. The molecule has 2 fully saturated rings. The fraction of sp³-hybridized carbons (Fsp3) is 0.667. The lowest BCUT2D eigenvalue weighted by molar-refractivity contribution is 0.0279. The largest absolute Gasteiger partial charge is 0.380 e. The molecule has 32 heavy (non-hydrogen) atoms. The maximum Gasteiger partial charge on any atom is 0.380 e. The molecule has 1 aromatic heterocycles. The maximum atomic E-state index is 13.0. The summed E-state index contributed by atoms with van der Waals surface area (Å²) in [5.74, 6) is 0. The van der Waals surface area contributed by atoms with E-state index in [0.717, 1.165) is 12.8 Å². The van der Waals surface area contributed by atoms with Gasteiger partial charge in [-0.05, 0) is 51.2 Å². The molecule has 1 aromatic carbocycles. The van der Waals surface area contributed by atoms with E-state index in [1.54, 1.807) is 12.1 Å². The normalized spacial score (nSPS) is 24.3. The number of para-hydroxylation sites is 2. The van der Waals surface area contributed by atoms with Gasteiger partial charge in [-0.15, -0.1) is 0 Å². The van der Waals surface area contributed by atoms with Crippen LogP contribution in [0.4, 0.5) is 0 Å². The number of fused-ring (bicyclic) bond motifs is 1. The van der Waals surface area contributed by atoms with Crippen LogP contribution in [0, 0.1) is 0 Å². The smallest absolute Gasteiger partial charge is 0.320 e. The quantitative estimate of drug-likeness (QED) is 0.655. The van der Waals surface area contributed by atoms with E-state index in [-0.39, 0.29) is 0 Å². The zero-order valence-corrected chi connectivity index (χ0v) is 19.9. The van der Waals surface area contributed by atoms with Crippen LogP contribution >= 0.6 is 7.60 Å². The molecular weight excluding hydrogens is 425 g/mol. The van der Waals surface area contributed by atoms with E-state index >= 15 is 0 Å². The molecule has 2 aliphatic rings. The van der Waals surface area contributed by atoms with Crippen LogP contribution in [-0.4, -0.2) is 42.4 Å². The van der Waals surface area contributed by atoms with Gasteiger partial charge in [-0.3, -0.25) is 14.3 Å². The number of hydrogen-bond donors (Lipinski definition) is 2. The van der Waals surface area contributed by atoms with E-state index in [9.17, 15) is 19.1 Å². The SMILES string of the molecule is C[C@@H]1CCC[C@H](CCn2c(=O)c(P(=O)(O)O)nc3ccccc32)N1C1CCCCCCC1. The van der Waals surface area contributed by atoms with E-state index in [4.69, 9.17) is 0 Å². The molecule has 8 heteroatoms. The Balaban J connectivity index is 1.62. The predicted octanol–water partition coefficient (Wildman–Crippen LogP) is 3.95. The van der Waals surface area contributed by atoms with Crippen molar-refractivity contribution in [2.75, 3.05) is 0 Å². The minimum Gasteiger partial charge on any atom is -0.320 e. The zero-order chi connectivity index (χ0) is 22.7. The number of likely N-dealkylation sites (tertiary alicyclic amines) is 1. The van der Waals surface area contributed by atoms with Gasteiger partial charge < -0.3 is 14.4 Å². The summed E-state index contributed by atoms with van der Waals surface area (Å²) in [7, 11) is -4.75. The third-order valence-corrected chi connectivity index (χ3v) is 8.23. The summed E-state index contributed by atoms with van der Waals surface area (Å²) in [6.07, 6.45) is 13.4. The maximum absolute atomic E-state index is 13.0. The lowest BCUT2D eigenvalue weighted by Gasteiger charge is -2.46. The Hall–Kier alpha value is -1.53. The van der Waals surface area contributed by atoms with Crippen molar-refractivity contribution in [3.05, 3.63) is 34.6 Å². The number of aryl methyl sites for hydroxylation is 1. The first-order valence-corrected chi connectivity index (χ1v) is 13.8. The van der Waals surface area contributed by atoms with Crippen LogP contribution in [0.5, 0.6) is 0 Å². The van der Waals surface area contributed by atoms with Gasteiger partial charge in [0.2, 0.25) is 5.44 Å². The lowest BCUT2D eigenvalue weighted by Crippen LogP contribution is -2.51. The summed E-state index contributed by atoms with van der Waals surface area (Å²) in [5.41, 5.74) is -0.237. The van der Waals surface area contributed by atoms with Crippen molar-refractivity contribution in [2.45, 2.75) is 102 Å². The highest BCUT2D eigenvalue weighted by Gasteiger charge is 2.33. The van der Waals surface area contributed by atoms with Crippen molar-refractivity contribution >= 4 is 24.1 Å². The second-order valence-corrected chi connectivity index (χ2v) is 11.1. The zero-order valence-electron chi connectivity index (χ0n) is 19.0. The van der Waals surface area contributed by atoms with Crippen molar-refractivity contribution in [3.8, 4) is 0 Å². The first-order chi connectivity index (χ1) is 15.4. The van der Waals surface area contributed by atoms with Crippen LogP contribution < -0.4 is 11.0 Å². The molecule has 176 valence electrons. The Morgan fingerprint density at radius 3 is 2.41 bits per heavy atom.